The lowest BCUT2D eigenvalue weighted by molar-refractivity contribution is -0.384. The maximum Gasteiger partial charge on any atom is 0.410 e. The fourth-order valence-electron chi connectivity index (χ4n) is 6.79. The number of thioether (sulfide) groups is 1. The largest absolute Gasteiger partial charge is 0.477 e. The summed E-state index contributed by atoms with van der Waals surface area (Å²) in [5, 5.41) is 30.9. The van der Waals surface area contributed by atoms with Crippen molar-refractivity contribution in [1.82, 2.24) is 14.7 Å². The molecule has 232 valence electrons. The van der Waals surface area contributed by atoms with E-state index in [4.69, 9.17) is 10.5 Å². The molecule has 4 N–H and O–H groups in total. The van der Waals surface area contributed by atoms with E-state index < -0.39 is 52.9 Å². The van der Waals surface area contributed by atoms with Gasteiger partial charge in [-0.05, 0) is 50.4 Å². The number of carboxylic acids is 1. The number of nitro groups is 1. The normalized spacial score (nSPS) is 29.4. The van der Waals surface area contributed by atoms with E-state index in [1.807, 2.05) is 11.8 Å². The predicted molar refractivity (Wildman–Crippen MR) is 153 cm³/mol. The lowest BCUT2D eigenvalue weighted by Crippen LogP contribution is -2.63. The minimum Gasteiger partial charge on any atom is -0.477 e. The van der Waals surface area contributed by atoms with Gasteiger partial charge in [0, 0.05) is 47.3 Å². The van der Waals surface area contributed by atoms with E-state index >= 15 is 0 Å². The van der Waals surface area contributed by atoms with Crippen molar-refractivity contribution < 1.29 is 39.1 Å². The molecule has 7 atom stereocenters. The molecular formula is C28H35N5O9S. The molecule has 5 rings (SSSR count). The summed E-state index contributed by atoms with van der Waals surface area (Å²) >= 11 is 1.33. The second-order valence-electron chi connectivity index (χ2n) is 11.6. The summed E-state index contributed by atoms with van der Waals surface area (Å²) in [5.41, 5.74) is 6.05. The molecule has 14 nitrogen and oxygen atoms in total. The van der Waals surface area contributed by atoms with Gasteiger partial charge in [0.1, 0.15) is 12.3 Å². The Bertz CT molecular complexity index is 1350. The number of ether oxygens (including phenoxy) is 1. The molecule has 0 aromatic heterocycles. The lowest BCUT2D eigenvalue weighted by Gasteiger charge is -2.46. The van der Waals surface area contributed by atoms with Crippen LogP contribution in [0.2, 0.25) is 0 Å². The molecule has 0 bridgehead atoms. The number of β-lactam (4-membered cyclic amide) rings is 1. The summed E-state index contributed by atoms with van der Waals surface area (Å²) in [4.78, 5) is 66.3. The van der Waals surface area contributed by atoms with Crippen LogP contribution in [-0.4, -0.2) is 103 Å². The maximum absolute atomic E-state index is 13.4. The quantitative estimate of drug-likeness (QED) is 0.195. The number of benzene rings is 1. The first kappa shape index (κ1) is 30.8. The second-order valence-corrected chi connectivity index (χ2v) is 12.9. The number of carbonyl (C=O) groups excluding carboxylic acids is 3. The third-order valence-electron chi connectivity index (χ3n) is 8.86. The van der Waals surface area contributed by atoms with Gasteiger partial charge in [-0.15, -0.1) is 11.8 Å². The highest BCUT2D eigenvalue weighted by Crippen LogP contribution is 2.52. The Labute approximate surface area is 251 Å². The van der Waals surface area contributed by atoms with Crippen LogP contribution in [-0.2, 0) is 25.7 Å². The number of amides is 3. The van der Waals surface area contributed by atoms with Crippen molar-refractivity contribution >= 4 is 41.3 Å². The van der Waals surface area contributed by atoms with Crippen molar-refractivity contribution in [2.24, 2.45) is 17.6 Å². The number of aliphatic carboxylic acids is 1. The first-order valence-electron chi connectivity index (χ1n) is 14.2. The van der Waals surface area contributed by atoms with E-state index in [9.17, 15) is 39.5 Å². The van der Waals surface area contributed by atoms with E-state index in [1.54, 1.807) is 4.90 Å². The molecule has 1 aromatic rings. The molecule has 3 amide bonds. The molecule has 0 unspecified atom stereocenters. The van der Waals surface area contributed by atoms with Crippen LogP contribution in [0, 0.1) is 22.0 Å². The van der Waals surface area contributed by atoms with Gasteiger partial charge in [-0.25, -0.2) is 9.59 Å². The minimum absolute atomic E-state index is 0.0755. The molecule has 1 aromatic carbocycles. The number of non-ortho nitro benzene ring substituents is 1. The standard InChI is InChI=1S/C28H35N5O9S/c1-14-22-21(15(2)34)26(36)32(22)23(27(37)38)24(14)43-19-10-18(11-30-9-3-4-20(30)25(29)35)31(12-19)28(39)42-13-16-5-7-17(8-6-16)33(40)41/h5-8,14-15,18-22,34H,3-4,9-13H2,1-2H3,(H2,29,35)(H,37,38)/t14-,15-,18+,19+,20+,21-,22-/m1/s1. The highest BCUT2D eigenvalue weighted by atomic mass is 32.2. The number of aliphatic hydroxyl groups is 1. The van der Waals surface area contributed by atoms with Gasteiger partial charge in [0.2, 0.25) is 11.8 Å². The van der Waals surface area contributed by atoms with Crippen molar-refractivity contribution in [3.05, 3.63) is 50.5 Å². The van der Waals surface area contributed by atoms with Crippen LogP contribution in [0.25, 0.3) is 0 Å². The summed E-state index contributed by atoms with van der Waals surface area (Å²) in [5.74, 6) is -3.04. The van der Waals surface area contributed by atoms with Gasteiger partial charge in [-0.3, -0.25) is 24.6 Å². The number of nitrogens with zero attached hydrogens (tertiary/aromatic N) is 4. The zero-order valence-electron chi connectivity index (χ0n) is 23.8. The van der Waals surface area contributed by atoms with E-state index in [1.165, 1.54) is 47.9 Å². The Hall–Kier alpha value is -3.69. The van der Waals surface area contributed by atoms with Gasteiger partial charge in [0.25, 0.3) is 5.69 Å². The lowest BCUT2D eigenvalue weighted by atomic mass is 9.79. The smallest absolute Gasteiger partial charge is 0.410 e. The Morgan fingerprint density at radius 1 is 1.26 bits per heavy atom. The van der Waals surface area contributed by atoms with Gasteiger partial charge >= 0.3 is 12.1 Å². The maximum atomic E-state index is 13.4. The SMILES string of the molecule is C[C@@H](O)[C@H]1C(=O)N2C(C(=O)O)=C(S[C@H]3C[C@@H](CN4CCC[C@H]4C(N)=O)N(C(=O)OCc4ccc([N+](=O)[O-])cc4)C3)[C@H](C)[C@H]12. The van der Waals surface area contributed by atoms with Crippen LogP contribution >= 0.6 is 11.8 Å². The topological polar surface area (TPSA) is 197 Å². The van der Waals surface area contributed by atoms with Crippen LogP contribution in [0.5, 0.6) is 0 Å². The van der Waals surface area contributed by atoms with Gasteiger partial charge in [0.05, 0.1) is 29.0 Å². The highest BCUT2D eigenvalue weighted by molar-refractivity contribution is 8.03. The van der Waals surface area contributed by atoms with Crippen molar-refractivity contribution in [2.75, 3.05) is 19.6 Å². The van der Waals surface area contributed by atoms with Crippen LogP contribution in [0.4, 0.5) is 10.5 Å². The fraction of sp³-hybridized carbons (Fsp3) is 0.571. The Balaban J connectivity index is 1.33. The van der Waals surface area contributed by atoms with Crippen molar-refractivity contribution in [3.8, 4) is 0 Å². The number of aliphatic hydroxyl groups excluding tert-OH is 1. The molecule has 4 aliphatic heterocycles. The summed E-state index contributed by atoms with van der Waals surface area (Å²) < 4.78 is 5.59. The molecule has 3 saturated heterocycles. The average molecular weight is 618 g/mol. The van der Waals surface area contributed by atoms with Crippen molar-refractivity contribution in [1.29, 1.82) is 0 Å². The average Bonchev–Trinajstić information content (AvgIpc) is 3.64. The number of nitro benzene ring substituents is 1. The van der Waals surface area contributed by atoms with Crippen LogP contribution in [0.1, 0.15) is 38.7 Å². The number of likely N-dealkylation sites (tertiary alicyclic amines) is 2. The number of primary amides is 1. The van der Waals surface area contributed by atoms with E-state index in [0.29, 0.717) is 36.4 Å². The van der Waals surface area contributed by atoms with Gasteiger partial charge in [0.15, 0.2) is 0 Å². The highest BCUT2D eigenvalue weighted by Gasteiger charge is 2.60. The molecular weight excluding hydrogens is 582 g/mol. The summed E-state index contributed by atoms with van der Waals surface area (Å²) in [6.45, 7) is 4.55. The molecule has 43 heavy (non-hydrogen) atoms. The number of fused-ring (bicyclic) bond motifs is 1. The molecule has 3 fully saturated rings. The van der Waals surface area contributed by atoms with E-state index in [2.05, 4.69) is 0 Å². The van der Waals surface area contributed by atoms with Crippen LogP contribution < -0.4 is 5.73 Å². The summed E-state index contributed by atoms with van der Waals surface area (Å²) in [6.07, 6.45) is 0.409. The second kappa shape index (κ2) is 12.1. The number of hydrogen-bond donors (Lipinski definition) is 3. The minimum atomic E-state index is -1.22. The number of hydrogen-bond acceptors (Lipinski definition) is 10. The summed E-state index contributed by atoms with van der Waals surface area (Å²) in [6, 6.07) is 4.46. The third kappa shape index (κ3) is 5.80. The van der Waals surface area contributed by atoms with E-state index in [0.717, 1.165) is 6.42 Å². The Morgan fingerprint density at radius 3 is 2.56 bits per heavy atom. The van der Waals surface area contributed by atoms with Crippen LogP contribution in [0.15, 0.2) is 34.9 Å². The fourth-order valence-corrected chi connectivity index (χ4v) is 8.36. The Morgan fingerprint density at radius 2 is 1.95 bits per heavy atom. The molecule has 0 spiro atoms. The van der Waals surface area contributed by atoms with Crippen LogP contribution in [0.3, 0.4) is 0 Å². The number of nitrogens with two attached hydrogens (primary N) is 1. The number of carbonyl (C=O) groups is 4. The molecule has 0 radical (unpaired) electrons. The van der Waals surface area contributed by atoms with Gasteiger partial charge in [-0.1, -0.05) is 6.92 Å². The third-order valence-corrected chi connectivity index (χ3v) is 10.4. The Kier molecular flexibility index (Phi) is 8.68. The van der Waals surface area contributed by atoms with E-state index in [-0.39, 0.29) is 41.7 Å². The molecule has 4 aliphatic rings. The molecule has 4 heterocycles. The molecule has 0 aliphatic carbocycles. The molecule has 15 heteroatoms. The van der Waals surface area contributed by atoms with Crippen molar-refractivity contribution in [3.63, 3.8) is 0 Å². The monoisotopic (exact) mass is 617 g/mol. The van der Waals surface area contributed by atoms with Gasteiger partial charge in [-0.2, -0.15) is 0 Å². The zero-order valence-corrected chi connectivity index (χ0v) is 24.6. The zero-order chi connectivity index (χ0) is 31.2. The first-order valence-corrected chi connectivity index (χ1v) is 15.1. The summed E-state index contributed by atoms with van der Waals surface area (Å²) in [7, 11) is 0. The van der Waals surface area contributed by atoms with Crippen molar-refractivity contribution in [2.45, 2.75) is 69.2 Å². The first-order chi connectivity index (χ1) is 20.4. The molecule has 0 saturated carbocycles. The number of carboxylic acid groups (broad SMARTS) is 1. The van der Waals surface area contributed by atoms with Gasteiger partial charge < -0.3 is 30.5 Å². The number of rotatable bonds is 10. The predicted octanol–water partition coefficient (Wildman–Crippen LogP) is 1.51.